The van der Waals surface area contributed by atoms with E-state index in [1.54, 1.807) is 24.3 Å². The highest BCUT2D eigenvalue weighted by atomic mass is 79.9. The summed E-state index contributed by atoms with van der Waals surface area (Å²) in [6, 6.07) is 6.66. The summed E-state index contributed by atoms with van der Waals surface area (Å²) in [5.41, 5.74) is 0. The Morgan fingerprint density at radius 3 is 2.52 bits per heavy atom. The molecule has 3 rings (SSSR count). The number of piperidine rings is 2. The Bertz CT molecular complexity index is 777. The second-order valence-electron chi connectivity index (χ2n) is 8.32. The Morgan fingerprint density at radius 2 is 1.83 bits per heavy atom. The second kappa shape index (κ2) is 10.4. The number of rotatable bonds is 7. The molecule has 2 heterocycles. The van der Waals surface area contributed by atoms with E-state index in [2.05, 4.69) is 33.1 Å². The number of benzene rings is 1. The summed E-state index contributed by atoms with van der Waals surface area (Å²) in [4.78, 5) is 15.3. The summed E-state index contributed by atoms with van der Waals surface area (Å²) in [5.74, 6) is 0.534. The second-order valence-corrected chi connectivity index (χ2v) is 11.2. The molecule has 0 aliphatic carbocycles. The summed E-state index contributed by atoms with van der Waals surface area (Å²) in [6.45, 7) is 7.01. The van der Waals surface area contributed by atoms with E-state index in [-0.39, 0.29) is 23.3 Å². The maximum Gasteiger partial charge on any atom is 0.243 e. The van der Waals surface area contributed by atoms with Crippen LogP contribution >= 0.6 is 15.9 Å². The average Bonchev–Trinajstić information content (AvgIpc) is 2.73. The van der Waals surface area contributed by atoms with Crippen LogP contribution in [0, 0.1) is 11.8 Å². The molecule has 0 spiro atoms. The van der Waals surface area contributed by atoms with Gasteiger partial charge in [-0.05, 0) is 81.9 Å². The van der Waals surface area contributed by atoms with Gasteiger partial charge in [0.15, 0.2) is 0 Å². The number of nitrogens with one attached hydrogen (secondary N) is 1. The zero-order valence-corrected chi connectivity index (χ0v) is 19.6. The van der Waals surface area contributed by atoms with E-state index in [1.165, 1.54) is 17.1 Å². The zero-order valence-electron chi connectivity index (χ0n) is 17.1. The van der Waals surface area contributed by atoms with E-state index in [9.17, 15) is 13.2 Å². The van der Waals surface area contributed by atoms with E-state index in [4.69, 9.17) is 0 Å². The van der Waals surface area contributed by atoms with Crippen LogP contribution in [0.3, 0.4) is 0 Å². The molecule has 1 unspecified atom stereocenters. The molecule has 2 fully saturated rings. The standard InChI is InChI=1S/C21H32BrN3O3S/c1-17-9-14-24(15-10-17)12-3-11-23-21(26)18-4-2-13-25(16-18)29(27,28)20-7-5-19(22)6-8-20/h5-8,17-18H,2-4,9-16H2,1H3,(H,23,26). The predicted molar refractivity (Wildman–Crippen MR) is 118 cm³/mol. The number of carbonyl (C=O) groups excluding carboxylic acids is 1. The van der Waals surface area contributed by atoms with Crippen LogP contribution < -0.4 is 5.32 Å². The lowest BCUT2D eigenvalue weighted by atomic mass is 9.98. The molecule has 1 aromatic carbocycles. The first-order valence-corrected chi connectivity index (χ1v) is 12.9. The van der Waals surface area contributed by atoms with E-state index in [1.807, 2.05) is 0 Å². The molecule has 2 saturated heterocycles. The highest BCUT2D eigenvalue weighted by molar-refractivity contribution is 9.10. The molecule has 6 nitrogen and oxygen atoms in total. The van der Waals surface area contributed by atoms with Crippen LogP contribution in [0.4, 0.5) is 0 Å². The van der Waals surface area contributed by atoms with Crippen molar-refractivity contribution in [2.45, 2.75) is 43.9 Å². The number of hydrogen-bond acceptors (Lipinski definition) is 4. The molecule has 1 atom stereocenters. The van der Waals surface area contributed by atoms with Crippen molar-refractivity contribution < 1.29 is 13.2 Å². The molecule has 1 aromatic rings. The maximum atomic E-state index is 12.9. The number of amides is 1. The van der Waals surface area contributed by atoms with Crippen LogP contribution in [0.5, 0.6) is 0 Å². The van der Waals surface area contributed by atoms with Crippen molar-refractivity contribution in [1.29, 1.82) is 0 Å². The van der Waals surface area contributed by atoms with Crippen molar-refractivity contribution >= 4 is 31.9 Å². The summed E-state index contributed by atoms with van der Waals surface area (Å²) in [5, 5.41) is 3.03. The average molecular weight is 486 g/mol. The van der Waals surface area contributed by atoms with Gasteiger partial charge in [-0.3, -0.25) is 4.79 Å². The van der Waals surface area contributed by atoms with Crippen LogP contribution in [-0.2, 0) is 14.8 Å². The van der Waals surface area contributed by atoms with Gasteiger partial charge in [-0.15, -0.1) is 0 Å². The smallest absolute Gasteiger partial charge is 0.243 e. The first-order chi connectivity index (χ1) is 13.9. The van der Waals surface area contributed by atoms with Crippen molar-refractivity contribution in [1.82, 2.24) is 14.5 Å². The van der Waals surface area contributed by atoms with Crippen molar-refractivity contribution in [3.63, 3.8) is 0 Å². The van der Waals surface area contributed by atoms with E-state index in [0.29, 0.717) is 19.5 Å². The summed E-state index contributed by atoms with van der Waals surface area (Å²) < 4.78 is 28.1. The minimum absolute atomic E-state index is 0.0204. The van der Waals surface area contributed by atoms with Crippen LogP contribution in [0.2, 0.25) is 0 Å². The van der Waals surface area contributed by atoms with E-state index >= 15 is 0 Å². The molecule has 1 amide bonds. The fraction of sp³-hybridized carbons (Fsp3) is 0.667. The Balaban J connectivity index is 1.46. The quantitative estimate of drug-likeness (QED) is 0.602. The Hall–Kier alpha value is -0.960. The van der Waals surface area contributed by atoms with Gasteiger partial charge in [-0.1, -0.05) is 22.9 Å². The van der Waals surface area contributed by atoms with Crippen LogP contribution in [0.25, 0.3) is 0 Å². The Morgan fingerprint density at radius 1 is 1.14 bits per heavy atom. The predicted octanol–water partition coefficient (Wildman–Crippen LogP) is 3.09. The van der Waals surface area contributed by atoms with Gasteiger partial charge in [0.05, 0.1) is 10.8 Å². The third-order valence-electron chi connectivity index (χ3n) is 6.03. The monoisotopic (exact) mass is 485 g/mol. The largest absolute Gasteiger partial charge is 0.356 e. The fourth-order valence-corrected chi connectivity index (χ4v) is 5.86. The zero-order chi connectivity index (χ0) is 20.9. The van der Waals surface area contributed by atoms with Crippen molar-refractivity contribution in [3.05, 3.63) is 28.7 Å². The van der Waals surface area contributed by atoms with Crippen LogP contribution in [0.15, 0.2) is 33.6 Å². The van der Waals surface area contributed by atoms with E-state index < -0.39 is 10.0 Å². The van der Waals surface area contributed by atoms with Gasteiger partial charge in [0.1, 0.15) is 0 Å². The van der Waals surface area contributed by atoms with Crippen molar-refractivity contribution in [2.75, 3.05) is 39.3 Å². The van der Waals surface area contributed by atoms with Gasteiger partial charge in [0.2, 0.25) is 15.9 Å². The molecule has 2 aliphatic rings. The molecule has 29 heavy (non-hydrogen) atoms. The number of hydrogen-bond donors (Lipinski definition) is 1. The van der Waals surface area contributed by atoms with Gasteiger partial charge < -0.3 is 10.2 Å². The first-order valence-electron chi connectivity index (χ1n) is 10.6. The number of nitrogens with zero attached hydrogens (tertiary/aromatic N) is 2. The Kier molecular flexibility index (Phi) is 8.13. The molecule has 2 aliphatic heterocycles. The number of halogens is 1. The molecule has 0 saturated carbocycles. The molecular formula is C21H32BrN3O3S. The van der Waals surface area contributed by atoms with Gasteiger partial charge in [0.25, 0.3) is 0 Å². The van der Waals surface area contributed by atoms with Gasteiger partial charge >= 0.3 is 0 Å². The molecule has 0 bridgehead atoms. The van der Waals surface area contributed by atoms with E-state index in [0.717, 1.165) is 42.9 Å². The molecule has 0 radical (unpaired) electrons. The number of likely N-dealkylation sites (tertiary alicyclic amines) is 1. The summed E-state index contributed by atoms with van der Waals surface area (Å²) in [6.07, 6.45) is 4.91. The minimum atomic E-state index is -3.56. The molecule has 0 aromatic heterocycles. The van der Waals surface area contributed by atoms with Gasteiger partial charge in [-0.25, -0.2) is 8.42 Å². The lowest BCUT2D eigenvalue weighted by Gasteiger charge is -2.31. The third kappa shape index (κ3) is 6.26. The maximum absolute atomic E-state index is 12.9. The van der Waals surface area contributed by atoms with Gasteiger partial charge in [-0.2, -0.15) is 4.31 Å². The SMILES string of the molecule is CC1CCN(CCCNC(=O)C2CCCN(S(=O)(=O)c3ccc(Br)cc3)C2)CC1. The molecule has 8 heteroatoms. The lowest BCUT2D eigenvalue weighted by molar-refractivity contribution is -0.126. The minimum Gasteiger partial charge on any atom is -0.356 e. The normalized spacial score (nSPS) is 22.5. The van der Waals surface area contributed by atoms with Crippen molar-refractivity contribution in [3.8, 4) is 0 Å². The lowest BCUT2D eigenvalue weighted by Crippen LogP contribution is -2.45. The Labute approximate surface area is 183 Å². The highest BCUT2D eigenvalue weighted by Crippen LogP contribution is 2.25. The van der Waals surface area contributed by atoms with Gasteiger partial charge in [0, 0.05) is 24.1 Å². The summed E-state index contributed by atoms with van der Waals surface area (Å²) in [7, 11) is -3.56. The topological polar surface area (TPSA) is 69.7 Å². The fourth-order valence-electron chi connectivity index (χ4n) is 4.07. The number of sulfonamides is 1. The number of carbonyl (C=O) groups is 1. The molecule has 162 valence electrons. The highest BCUT2D eigenvalue weighted by Gasteiger charge is 2.33. The first kappa shape index (κ1) is 22.7. The summed E-state index contributed by atoms with van der Waals surface area (Å²) >= 11 is 3.33. The van der Waals surface area contributed by atoms with Crippen LogP contribution in [0.1, 0.15) is 39.0 Å². The van der Waals surface area contributed by atoms with Crippen molar-refractivity contribution in [2.24, 2.45) is 11.8 Å². The third-order valence-corrected chi connectivity index (χ3v) is 8.44. The molecule has 1 N–H and O–H groups in total. The van der Waals surface area contributed by atoms with Crippen LogP contribution in [-0.4, -0.2) is 62.8 Å². The molecular weight excluding hydrogens is 454 g/mol.